The number of hydrogen-bond donors (Lipinski definition) is 9. The molecule has 0 unspecified atom stereocenters. The number of amides is 4. The average molecular weight is 615 g/mol. The molecular weight excluding hydrogens is 568 g/mol. The number of carbonyl (C=O) groups is 4. The topological polar surface area (TPSA) is 236 Å². The Kier molecular flexibility index (Phi) is 15.8. The molecule has 0 spiro atoms. The van der Waals surface area contributed by atoms with Gasteiger partial charge in [0.15, 0.2) is 6.29 Å². The van der Waals surface area contributed by atoms with Crippen LogP contribution in [0.1, 0.15) is 52.4 Å². The predicted molar refractivity (Wildman–Crippen MR) is 152 cm³/mol. The molecule has 15 nitrogen and oxygen atoms in total. The molecule has 0 bridgehead atoms. The quantitative estimate of drug-likeness (QED) is 0.0601. The number of nitrogens with one attached hydrogen (secondary N) is 4. The van der Waals surface area contributed by atoms with E-state index in [9.17, 15) is 39.6 Å². The molecule has 0 radical (unpaired) electrons. The van der Waals surface area contributed by atoms with Gasteiger partial charge in [0.2, 0.25) is 23.6 Å². The van der Waals surface area contributed by atoms with Gasteiger partial charge in [-0.1, -0.05) is 11.1 Å². The monoisotopic (exact) mass is 614 g/mol. The van der Waals surface area contributed by atoms with Gasteiger partial charge in [-0.25, -0.2) is 0 Å². The van der Waals surface area contributed by atoms with Crippen LogP contribution in [0.2, 0.25) is 0 Å². The summed E-state index contributed by atoms with van der Waals surface area (Å²) in [5.74, 6) is -1.24. The number of rotatable bonds is 17. The zero-order valence-corrected chi connectivity index (χ0v) is 24.7. The molecule has 244 valence electrons. The lowest BCUT2D eigenvalue weighted by Gasteiger charge is -2.39. The van der Waals surface area contributed by atoms with Crippen LogP contribution in [-0.4, -0.2) is 125 Å². The van der Waals surface area contributed by atoms with Crippen LogP contribution in [0.3, 0.4) is 0 Å². The maximum atomic E-state index is 12.5. The fraction of sp³-hybridized carbons (Fsp3) is 0.714. The van der Waals surface area contributed by atoms with Crippen LogP contribution in [0.25, 0.3) is 0 Å². The minimum absolute atomic E-state index is 0.0312. The first kappa shape index (κ1) is 36.3. The fourth-order valence-electron chi connectivity index (χ4n) is 4.53. The molecule has 0 aromatic rings. The van der Waals surface area contributed by atoms with E-state index in [2.05, 4.69) is 21.3 Å². The summed E-state index contributed by atoms with van der Waals surface area (Å²) in [5, 5.41) is 58.6. The van der Waals surface area contributed by atoms with E-state index in [0.717, 1.165) is 5.57 Å². The summed E-state index contributed by atoms with van der Waals surface area (Å²) in [5.41, 5.74) is 1.43. The van der Waals surface area contributed by atoms with Crippen molar-refractivity contribution in [3.05, 3.63) is 23.3 Å². The summed E-state index contributed by atoms with van der Waals surface area (Å²) >= 11 is 0. The second-order valence-corrected chi connectivity index (χ2v) is 10.8. The van der Waals surface area contributed by atoms with E-state index in [4.69, 9.17) is 14.6 Å². The normalized spacial score (nSPS) is 28.2. The molecule has 0 saturated carbocycles. The Morgan fingerprint density at radius 2 is 1.35 bits per heavy atom. The van der Waals surface area contributed by atoms with Crippen LogP contribution in [-0.2, 0) is 28.7 Å². The molecule has 2 aliphatic rings. The van der Waals surface area contributed by atoms with Crippen molar-refractivity contribution < 1.29 is 54.2 Å². The maximum absolute atomic E-state index is 12.5. The molecule has 7 atom stereocenters. The van der Waals surface area contributed by atoms with Gasteiger partial charge in [-0.3, -0.25) is 19.2 Å². The summed E-state index contributed by atoms with van der Waals surface area (Å²) in [6.07, 6.45) is -1.67. The molecule has 15 heteroatoms. The first-order valence-electron chi connectivity index (χ1n) is 14.5. The number of piperazine rings is 1. The van der Waals surface area contributed by atoms with Crippen LogP contribution in [0.15, 0.2) is 23.3 Å². The number of carbonyl (C=O) groups excluding carboxylic acids is 4. The van der Waals surface area contributed by atoms with E-state index < -0.39 is 49.4 Å². The van der Waals surface area contributed by atoms with Gasteiger partial charge in [0, 0.05) is 31.8 Å². The summed E-state index contributed by atoms with van der Waals surface area (Å²) in [6.45, 7) is 3.53. The largest absolute Gasteiger partial charge is 0.396 e. The van der Waals surface area contributed by atoms with Crippen molar-refractivity contribution in [2.45, 2.75) is 95.2 Å². The predicted octanol–water partition coefficient (Wildman–Crippen LogP) is -2.76. The van der Waals surface area contributed by atoms with Crippen LogP contribution in [0.4, 0.5) is 0 Å². The molecule has 2 aliphatic heterocycles. The van der Waals surface area contributed by atoms with E-state index in [1.165, 1.54) is 12.2 Å². The Morgan fingerprint density at radius 1 is 0.837 bits per heavy atom. The highest BCUT2D eigenvalue weighted by molar-refractivity contribution is 5.96. The van der Waals surface area contributed by atoms with Gasteiger partial charge in [-0.15, -0.1) is 0 Å². The molecule has 43 heavy (non-hydrogen) atoms. The van der Waals surface area contributed by atoms with E-state index in [1.54, 1.807) is 13.8 Å². The maximum Gasteiger partial charge on any atom is 0.243 e. The Bertz CT molecular complexity index is 1000. The zero-order chi connectivity index (χ0) is 31.9. The third-order valence-electron chi connectivity index (χ3n) is 7.09. The lowest BCUT2D eigenvalue weighted by atomic mass is 9.99. The Morgan fingerprint density at radius 3 is 1.84 bits per heavy atom. The van der Waals surface area contributed by atoms with Crippen LogP contribution < -0.4 is 21.3 Å². The highest BCUT2D eigenvalue weighted by Crippen LogP contribution is 2.22. The molecular formula is C28H46N4O11. The first-order valence-corrected chi connectivity index (χ1v) is 14.5. The van der Waals surface area contributed by atoms with Gasteiger partial charge >= 0.3 is 0 Å². The molecule has 2 fully saturated rings. The van der Waals surface area contributed by atoms with Crippen molar-refractivity contribution >= 4 is 23.6 Å². The molecule has 2 rings (SSSR count). The molecule has 2 saturated heterocycles. The second-order valence-electron chi connectivity index (χ2n) is 10.8. The Balaban J connectivity index is 1.62. The van der Waals surface area contributed by atoms with Gasteiger partial charge in [-0.05, 0) is 52.4 Å². The standard InChI is InChI=1S/C28H46N4O11/c1-16(7-11-33)13-21(35)29-9-3-5-18-26(40)32-19(27(41)31-18)6-4-10-30-22(36)14-17(2)8-12-42-28-25(39)24(38)23(37)20(15-34)43-28/h13-14,18-20,23-25,28,33-34,37-39H,3-12,15H2,1-2H3,(H,29,35)(H,30,36)(H,31,41)(H,32,40)/b16-13+,17-14+/t18-,19+,20-,23-,24+,25-,28-/m0/s1. The van der Waals surface area contributed by atoms with Crippen molar-refractivity contribution in [3.63, 3.8) is 0 Å². The van der Waals surface area contributed by atoms with Crippen molar-refractivity contribution in [1.29, 1.82) is 0 Å². The molecule has 0 aliphatic carbocycles. The van der Waals surface area contributed by atoms with Gasteiger partial charge in [0.1, 0.15) is 36.5 Å². The summed E-state index contributed by atoms with van der Waals surface area (Å²) in [7, 11) is 0. The summed E-state index contributed by atoms with van der Waals surface area (Å²) < 4.78 is 10.7. The van der Waals surface area contributed by atoms with E-state index in [1.807, 2.05) is 0 Å². The zero-order valence-electron chi connectivity index (χ0n) is 24.7. The first-order chi connectivity index (χ1) is 20.5. The number of aliphatic hydroxyl groups excluding tert-OH is 5. The van der Waals surface area contributed by atoms with Crippen molar-refractivity contribution in [3.8, 4) is 0 Å². The second kappa shape index (κ2) is 18.7. The fourth-order valence-corrected chi connectivity index (χ4v) is 4.53. The SMILES string of the molecule is C/C(=C\C(=O)NCCC[C@@H]1NC(=O)[C@@H](CCCNC(=O)/C=C(\C)CCO[C@H]2O[C@@H](CO)[C@H](O)[C@@H](O)[C@@H]2O)NC1=O)CCO. The summed E-state index contributed by atoms with van der Waals surface area (Å²) in [4.78, 5) is 48.9. The third kappa shape index (κ3) is 12.3. The van der Waals surface area contributed by atoms with Crippen molar-refractivity contribution in [1.82, 2.24) is 21.3 Å². The average Bonchev–Trinajstić information content (AvgIpc) is 2.95. The molecule has 9 N–H and O–H groups in total. The van der Waals surface area contributed by atoms with Crippen molar-refractivity contribution in [2.24, 2.45) is 0 Å². The molecule has 0 aromatic carbocycles. The van der Waals surface area contributed by atoms with Gasteiger partial charge in [0.05, 0.1) is 13.2 Å². The highest BCUT2D eigenvalue weighted by Gasteiger charge is 2.44. The lowest BCUT2D eigenvalue weighted by Crippen LogP contribution is -2.61. The lowest BCUT2D eigenvalue weighted by molar-refractivity contribution is -0.300. The van der Waals surface area contributed by atoms with Gasteiger partial charge < -0.3 is 56.3 Å². The Hall–Kier alpha value is -2.92. The number of aliphatic hydroxyl groups is 5. The molecule has 0 aromatic heterocycles. The smallest absolute Gasteiger partial charge is 0.243 e. The van der Waals surface area contributed by atoms with Gasteiger partial charge in [-0.2, -0.15) is 0 Å². The van der Waals surface area contributed by atoms with Crippen LogP contribution in [0, 0.1) is 0 Å². The van der Waals surface area contributed by atoms with E-state index in [-0.39, 0.29) is 43.4 Å². The van der Waals surface area contributed by atoms with Crippen LogP contribution >= 0.6 is 0 Å². The van der Waals surface area contributed by atoms with E-state index >= 15 is 0 Å². The van der Waals surface area contributed by atoms with Crippen LogP contribution in [0.5, 0.6) is 0 Å². The highest BCUT2D eigenvalue weighted by atomic mass is 16.7. The van der Waals surface area contributed by atoms with Gasteiger partial charge in [0.25, 0.3) is 0 Å². The molecule has 2 heterocycles. The third-order valence-corrected chi connectivity index (χ3v) is 7.09. The summed E-state index contributed by atoms with van der Waals surface area (Å²) in [6, 6.07) is -1.40. The number of hydrogen-bond acceptors (Lipinski definition) is 11. The number of ether oxygens (including phenoxy) is 2. The van der Waals surface area contributed by atoms with Crippen molar-refractivity contribution in [2.75, 3.05) is 32.9 Å². The minimum atomic E-state index is -1.53. The van der Waals surface area contributed by atoms with E-state index in [0.29, 0.717) is 50.6 Å². The molecule has 4 amide bonds. The minimum Gasteiger partial charge on any atom is -0.396 e. The Labute approximate surface area is 250 Å².